The number of nitrogens with zero attached hydrogens (tertiary/aromatic N) is 2. The molecule has 3 aromatic carbocycles. The number of H-pyrrole nitrogens is 1. The molecule has 0 spiro atoms. The highest BCUT2D eigenvalue weighted by Gasteiger charge is 2.28. The molecule has 0 radical (unpaired) electrons. The molecule has 2 aromatic heterocycles. The van der Waals surface area contributed by atoms with E-state index in [1.165, 1.54) is 24.9 Å². The van der Waals surface area contributed by atoms with Gasteiger partial charge in [0.2, 0.25) is 0 Å². The van der Waals surface area contributed by atoms with Gasteiger partial charge in [0.15, 0.2) is 0 Å². The number of fused-ring (bicyclic) bond motifs is 4. The molecule has 2 aliphatic heterocycles. The maximum atomic E-state index is 16.1. The van der Waals surface area contributed by atoms with E-state index in [4.69, 9.17) is 20.4 Å². The Kier molecular flexibility index (Phi) is 9.35. The lowest BCUT2D eigenvalue weighted by Gasteiger charge is -2.26. The van der Waals surface area contributed by atoms with Gasteiger partial charge in [-0.25, -0.2) is 14.2 Å². The van der Waals surface area contributed by atoms with Crippen LogP contribution < -0.4 is 21.7 Å². The first-order valence-corrected chi connectivity index (χ1v) is 17.9. The first-order valence-electron chi connectivity index (χ1n) is 17.1. The van der Waals surface area contributed by atoms with Crippen molar-refractivity contribution in [1.29, 1.82) is 0 Å². The maximum Gasteiger partial charge on any atom is 0.407 e. The predicted octanol–water partition coefficient (Wildman–Crippen LogP) is 7.12. The van der Waals surface area contributed by atoms with Crippen molar-refractivity contribution < 1.29 is 13.9 Å². The number of nitrogens with two attached hydrogens (primary N) is 1. The number of imidazole rings is 1. The number of carbonyl (C=O) groups excluding carboxylic acids is 1. The molecule has 2 aliphatic rings. The second-order valence-corrected chi connectivity index (χ2v) is 14.5. The quantitative estimate of drug-likeness (QED) is 0.102. The monoisotopic (exact) mass is 669 g/mol. The maximum absolute atomic E-state index is 16.1. The van der Waals surface area contributed by atoms with E-state index in [-0.39, 0.29) is 29.7 Å². The van der Waals surface area contributed by atoms with E-state index >= 15 is 4.39 Å². The summed E-state index contributed by atoms with van der Waals surface area (Å²) in [5, 5.41) is 12.7. The Bertz CT molecular complexity index is 1980. The summed E-state index contributed by atoms with van der Waals surface area (Å²) in [6, 6.07) is 16.6. The molecule has 4 atom stereocenters. The van der Waals surface area contributed by atoms with E-state index in [1.54, 1.807) is 0 Å². The molecule has 1 amide bonds. The first-order chi connectivity index (χ1) is 23.3. The summed E-state index contributed by atoms with van der Waals surface area (Å²) in [5.41, 5.74) is 9.64. The fourth-order valence-corrected chi connectivity index (χ4v) is 8.22. The number of alkyl carbamates (subject to hydrolysis) is 1. The Morgan fingerprint density at radius 2 is 2.02 bits per heavy atom. The van der Waals surface area contributed by atoms with Crippen LogP contribution in [0.3, 0.4) is 0 Å². The zero-order chi connectivity index (χ0) is 33.4. The van der Waals surface area contributed by atoms with Crippen LogP contribution in [0, 0.1) is 11.7 Å². The Balaban J connectivity index is 1.16. The van der Waals surface area contributed by atoms with E-state index in [9.17, 15) is 4.79 Å². The molecule has 6 N–H and O–H groups in total. The predicted molar refractivity (Wildman–Crippen MR) is 193 cm³/mol. The summed E-state index contributed by atoms with van der Waals surface area (Å²) >= 11 is 1.49. The minimum absolute atomic E-state index is 0.0617. The molecular formula is C37H44FN7O2S. The third-order valence-electron chi connectivity index (χ3n) is 9.93. The van der Waals surface area contributed by atoms with Crippen molar-refractivity contribution in [3.8, 4) is 10.4 Å². The van der Waals surface area contributed by atoms with Crippen molar-refractivity contribution in [1.82, 2.24) is 25.9 Å². The van der Waals surface area contributed by atoms with Gasteiger partial charge in [-0.2, -0.15) is 0 Å². The first kappa shape index (κ1) is 32.5. The summed E-state index contributed by atoms with van der Waals surface area (Å²) in [6.45, 7) is 6.46. The molecule has 9 nitrogen and oxygen atoms in total. The van der Waals surface area contributed by atoms with Crippen LogP contribution in [0.1, 0.15) is 69.3 Å². The van der Waals surface area contributed by atoms with Crippen molar-refractivity contribution in [3.05, 3.63) is 65.7 Å². The van der Waals surface area contributed by atoms with Crippen LogP contribution in [-0.2, 0) is 4.74 Å². The average molecular weight is 670 g/mol. The van der Waals surface area contributed by atoms with E-state index in [0.29, 0.717) is 35.8 Å². The van der Waals surface area contributed by atoms with E-state index < -0.39 is 6.09 Å². The van der Waals surface area contributed by atoms with Crippen LogP contribution in [0.4, 0.5) is 9.18 Å². The van der Waals surface area contributed by atoms with Gasteiger partial charge >= 0.3 is 6.09 Å². The molecule has 5 aromatic rings. The number of benzene rings is 3. The Morgan fingerprint density at radius 1 is 1.15 bits per heavy atom. The number of hydrogen-bond donors (Lipinski definition) is 5. The summed E-state index contributed by atoms with van der Waals surface area (Å²) in [5.74, 6) is 2.02. The number of amidine groups is 1. The standard InChI is InChI=1S/C37H44FN7O2S/c1-20(2)29(44-37(46)47-3)18-24(6-4-14-39)35-42-27-12-9-21-16-23(8-11-25(21)33(27)45-35)34-32(38)26-17-22(10-13-31(26)48-34)30-19-41-36(43-30)28-7-5-15-40-28/h8-13,16-17,20,24,28-30,40H,4-7,14-15,18-19,39H2,1-3H3,(H,41,43)(H,42,45)(H,44,46)/t24-,28+,29-,30?/m1/s1. The normalized spacial score (nSPS) is 19.2. The van der Waals surface area contributed by atoms with Crippen LogP contribution in [0.5, 0.6) is 0 Å². The lowest BCUT2D eigenvalue weighted by Crippen LogP contribution is -2.39. The van der Waals surface area contributed by atoms with Crippen molar-refractivity contribution in [2.24, 2.45) is 16.6 Å². The molecule has 0 saturated carbocycles. The molecule has 0 bridgehead atoms. The van der Waals surface area contributed by atoms with E-state index in [1.807, 2.05) is 24.3 Å². The van der Waals surface area contributed by atoms with Gasteiger partial charge in [-0.15, -0.1) is 11.3 Å². The minimum Gasteiger partial charge on any atom is -0.453 e. The molecule has 0 aliphatic carbocycles. The Morgan fingerprint density at radius 3 is 2.79 bits per heavy atom. The van der Waals surface area contributed by atoms with Crippen molar-refractivity contribution >= 4 is 55.2 Å². The second-order valence-electron chi connectivity index (χ2n) is 13.4. The number of hydrogen-bond acceptors (Lipinski definition) is 8. The molecular weight excluding hydrogens is 626 g/mol. The van der Waals surface area contributed by atoms with Gasteiger partial charge in [0.1, 0.15) is 17.5 Å². The summed E-state index contributed by atoms with van der Waals surface area (Å²) in [7, 11) is 1.38. The number of nitrogens with one attached hydrogen (secondary N) is 4. The van der Waals surface area contributed by atoms with Crippen LogP contribution in [0.25, 0.3) is 42.3 Å². The topological polar surface area (TPSA) is 129 Å². The average Bonchev–Trinajstić information content (AvgIpc) is 3.92. The number of aliphatic imine (C=N–C) groups is 1. The molecule has 1 saturated heterocycles. The van der Waals surface area contributed by atoms with Crippen LogP contribution in [0.15, 0.2) is 53.5 Å². The Labute approximate surface area is 283 Å². The smallest absolute Gasteiger partial charge is 0.407 e. The van der Waals surface area contributed by atoms with Crippen LogP contribution >= 0.6 is 11.3 Å². The number of thiophene rings is 1. The van der Waals surface area contributed by atoms with Gasteiger partial charge in [0, 0.05) is 27.4 Å². The number of ether oxygens (including phenoxy) is 1. The third-order valence-corrected chi connectivity index (χ3v) is 11.1. The van der Waals surface area contributed by atoms with Crippen molar-refractivity contribution in [3.63, 3.8) is 0 Å². The molecule has 11 heteroatoms. The molecule has 4 heterocycles. The van der Waals surface area contributed by atoms with Gasteiger partial charge in [-0.05, 0) is 91.9 Å². The van der Waals surface area contributed by atoms with Gasteiger partial charge in [-0.3, -0.25) is 4.99 Å². The number of rotatable bonds is 11. The largest absolute Gasteiger partial charge is 0.453 e. The van der Waals surface area contributed by atoms with Gasteiger partial charge < -0.3 is 31.4 Å². The van der Waals surface area contributed by atoms with Crippen LogP contribution in [-0.4, -0.2) is 60.7 Å². The zero-order valence-electron chi connectivity index (χ0n) is 27.7. The third kappa shape index (κ3) is 6.38. The summed E-state index contributed by atoms with van der Waals surface area (Å²) < 4.78 is 21.9. The molecule has 1 fully saturated rings. The molecule has 7 rings (SSSR count). The number of aromatic nitrogens is 2. The fourth-order valence-electron chi connectivity index (χ4n) is 7.17. The molecule has 1 unspecified atom stereocenters. The number of aromatic amines is 1. The van der Waals surface area contributed by atoms with Crippen LogP contribution in [0.2, 0.25) is 0 Å². The number of methoxy groups -OCH3 is 1. The summed E-state index contributed by atoms with van der Waals surface area (Å²) in [4.78, 5) is 26.1. The van der Waals surface area contributed by atoms with E-state index in [0.717, 1.165) is 75.1 Å². The second kappa shape index (κ2) is 13.8. The Hall–Kier alpha value is -4.06. The number of carbonyl (C=O) groups is 1. The van der Waals surface area contributed by atoms with Gasteiger partial charge in [0.25, 0.3) is 0 Å². The van der Waals surface area contributed by atoms with Gasteiger partial charge in [-0.1, -0.05) is 38.1 Å². The molecule has 252 valence electrons. The highest BCUT2D eigenvalue weighted by atomic mass is 32.1. The van der Waals surface area contributed by atoms with E-state index in [2.05, 4.69) is 59.0 Å². The van der Waals surface area contributed by atoms with Gasteiger partial charge in [0.05, 0.1) is 41.6 Å². The highest BCUT2D eigenvalue weighted by molar-refractivity contribution is 7.22. The lowest BCUT2D eigenvalue weighted by molar-refractivity contribution is 0.160. The van der Waals surface area contributed by atoms with Crippen molar-refractivity contribution in [2.75, 3.05) is 26.7 Å². The highest BCUT2D eigenvalue weighted by Crippen LogP contribution is 2.40. The zero-order valence-corrected chi connectivity index (χ0v) is 28.6. The molecule has 48 heavy (non-hydrogen) atoms. The minimum atomic E-state index is -0.431. The number of halogens is 1. The lowest BCUT2D eigenvalue weighted by atomic mass is 9.89. The SMILES string of the molecule is COC(=O)N[C@H](C[C@@H](CCCN)c1nc2c(ccc3cc(-c4sc5ccc(C6CN=C([C@@H]7CCCN7)N6)cc5c4F)ccc32)[nH]1)C(C)C. The fraction of sp³-hybridized carbons (Fsp3) is 0.432. The number of amides is 1. The summed E-state index contributed by atoms with van der Waals surface area (Å²) in [6.07, 6.45) is 4.24. The van der Waals surface area contributed by atoms with Crippen molar-refractivity contribution in [2.45, 2.75) is 70.0 Å².